The van der Waals surface area contributed by atoms with E-state index in [2.05, 4.69) is 39.6 Å². The van der Waals surface area contributed by atoms with Crippen LogP contribution in [-0.4, -0.2) is 20.0 Å². The third kappa shape index (κ3) is 2.60. The van der Waals surface area contributed by atoms with Crippen LogP contribution in [0, 0.1) is 0 Å². The van der Waals surface area contributed by atoms with E-state index in [0.717, 1.165) is 15.8 Å². The molecule has 0 aliphatic heterocycles. The standard InChI is InChI=1S/C12H10N4S2/c1-6-14-16(7-1)11-4-2-10(3-5-11)8-17-12-15-13-9-18-12/h1-7,9H,8H2. The van der Waals surface area contributed by atoms with Gasteiger partial charge in [0.25, 0.3) is 0 Å². The van der Waals surface area contributed by atoms with E-state index in [-0.39, 0.29) is 0 Å². The lowest BCUT2D eigenvalue weighted by atomic mass is 10.2. The zero-order valence-electron chi connectivity index (χ0n) is 9.43. The molecule has 3 aromatic rings. The van der Waals surface area contributed by atoms with E-state index in [4.69, 9.17) is 0 Å². The average molecular weight is 274 g/mol. The molecular formula is C12H10N4S2. The Morgan fingerprint density at radius 1 is 1.22 bits per heavy atom. The Labute approximate surface area is 113 Å². The smallest absolute Gasteiger partial charge is 0.174 e. The fraction of sp³-hybridized carbons (Fsp3) is 0.0833. The van der Waals surface area contributed by atoms with E-state index in [0.29, 0.717) is 0 Å². The molecule has 0 N–H and O–H groups in total. The Balaban J connectivity index is 1.68. The summed E-state index contributed by atoms with van der Waals surface area (Å²) in [5.74, 6) is 0.911. The summed E-state index contributed by atoms with van der Waals surface area (Å²) in [6.07, 6.45) is 3.71. The minimum atomic E-state index is 0.911. The number of hydrogen-bond acceptors (Lipinski definition) is 5. The molecule has 0 amide bonds. The lowest BCUT2D eigenvalue weighted by Crippen LogP contribution is -1.93. The highest BCUT2D eigenvalue weighted by Gasteiger charge is 2.00. The molecule has 90 valence electrons. The predicted molar refractivity (Wildman–Crippen MR) is 73.0 cm³/mol. The summed E-state index contributed by atoms with van der Waals surface area (Å²) in [6, 6.07) is 10.3. The van der Waals surface area contributed by atoms with E-state index in [1.54, 1.807) is 34.8 Å². The van der Waals surface area contributed by atoms with Crippen LogP contribution >= 0.6 is 23.1 Å². The normalized spacial score (nSPS) is 10.7. The van der Waals surface area contributed by atoms with E-state index in [9.17, 15) is 0 Å². The molecule has 2 aromatic heterocycles. The Morgan fingerprint density at radius 3 is 2.78 bits per heavy atom. The van der Waals surface area contributed by atoms with Gasteiger partial charge in [-0.3, -0.25) is 0 Å². The monoisotopic (exact) mass is 274 g/mol. The van der Waals surface area contributed by atoms with Gasteiger partial charge in [-0.1, -0.05) is 35.2 Å². The first kappa shape index (κ1) is 11.4. The molecule has 0 spiro atoms. The van der Waals surface area contributed by atoms with Crippen LogP contribution in [0.1, 0.15) is 5.56 Å². The molecule has 2 heterocycles. The quantitative estimate of drug-likeness (QED) is 0.686. The first-order valence-corrected chi connectivity index (χ1v) is 7.26. The zero-order valence-corrected chi connectivity index (χ0v) is 11.1. The fourth-order valence-electron chi connectivity index (χ4n) is 1.54. The third-order valence-corrected chi connectivity index (χ3v) is 4.34. The Morgan fingerprint density at radius 2 is 2.11 bits per heavy atom. The molecule has 4 nitrogen and oxygen atoms in total. The molecule has 18 heavy (non-hydrogen) atoms. The minimum absolute atomic E-state index is 0.911. The largest absolute Gasteiger partial charge is 0.241 e. The number of nitrogens with zero attached hydrogens (tertiary/aromatic N) is 4. The van der Waals surface area contributed by atoms with Crippen molar-refractivity contribution in [1.82, 2.24) is 20.0 Å². The second kappa shape index (κ2) is 5.32. The summed E-state index contributed by atoms with van der Waals surface area (Å²) in [6.45, 7) is 0. The number of aromatic nitrogens is 4. The number of thioether (sulfide) groups is 1. The van der Waals surface area contributed by atoms with Crippen molar-refractivity contribution in [2.24, 2.45) is 0 Å². The maximum absolute atomic E-state index is 4.20. The molecule has 6 heteroatoms. The predicted octanol–water partition coefficient (Wildman–Crippen LogP) is 3.02. The third-order valence-electron chi connectivity index (χ3n) is 2.41. The summed E-state index contributed by atoms with van der Waals surface area (Å²) >= 11 is 3.28. The zero-order chi connectivity index (χ0) is 12.2. The Hall–Kier alpha value is -1.66. The molecular weight excluding hydrogens is 264 g/mol. The van der Waals surface area contributed by atoms with Crippen molar-refractivity contribution in [3.63, 3.8) is 0 Å². The van der Waals surface area contributed by atoms with Gasteiger partial charge in [-0.05, 0) is 23.8 Å². The molecule has 3 rings (SSSR count). The van der Waals surface area contributed by atoms with Gasteiger partial charge in [-0.15, -0.1) is 10.2 Å². The molecule has 0 aliphatic carbocycles. The summed E-state index contributed by atoms with van der Waals surface area (Å²) in [7, 11) is 0. The molecule has 1 aromatic carbocycles. The number of hydrogen-bond donors (Lipinski definition) is 0. The molecule has 0 fully saturated rings. The van der Waals surface area contributed by atoms with Crippen molar-refractivity contribution in [3.05, 3.63) is 53.8 Å². The van der Waals surface area contributed by atoms with E-state index in [1.165, 1.54) is 5.56 Å². The lowest BCUT2D eigenvalue weighted by Gasteiger charge is -2.03. The summed E-state index contributed by atoms with van der Waals surface area (Å²) in [5.41, 5.74) is 4.10. The van der Waals surface area contributed by atoms with Gasteiger partial charge in [0, 0.05) is 18.1 Å². The van der Waals surface area contributed by atoms with Crippen molar-refractivity contribution in [3.8, 4) is 5.69 Å². The van der Waals surface area contributed by atoms with Gasteiger partial charge in [0.1, 0.15) is 5.51 Å². The maximum Gasteiger partial charge on any atom is 0.174 e. The van der Waals surface area contributed by atoms with Crippen LogP contribution in [0.4, 0.5) is 0 Å². The first-order chi connectivity index (χ1) is 8.92. The van der Waals surface area contributed by atoms with Crippen molar-refractivity contribution in [2.75, 3.05) is 0 Å². The van der Waals surface area contributed by atoms with Crippen molar-refractivity contribution in [1.29, 1.82) is 0 Å². The van der Waals surface area contributed by atoms with Crippen LogP contribution in [0.25, 0.3) is 5.69 Å². The molecule has 0 atom stereocenters. The number of rotatable bonds is 4. The topological polar surface area (TPSA) is 43.6 Å². The van der Waals surface area contributed by atoms with E-state index < -0.39 is 0 Å². The van der Waals surface area contributed by atoms with Crippen LogP contribution in [0.2, 0.25) is 0 Å². The molecule has 0 saturated carbocycles. The van der Waals surface area contributed by atoms with Crippen molar-refractivity contribution < 1.29 is 0 Å². The van der Waals surface area contributed by atoms with Gasteiger partial charge < -0.3 is 0 Å². The van der Waals surface area contributed by atoms with Gasteiger partial charge in [0.15, 0.2) is 4.34 Å². The van der Waals surface area contributed by atoms with Gasteiger partial charge in [-0.2, -0.15) is 5.10 Å². The van der Waals surface area contributed by atoms with Crippen LogP contribution in [-0.2, 0) is 5.75 Å². The summed E-state index contributed by atoms with van der Waals surface area (Å²) in [5, 5.41) is 12.0. The SMILES string of the molecule is c1cnn(-c2ccc(CSc3nncs3)cc2)c1. The van der Waals surface area contributed by atoms with Crippen LogP contribution in [0.3, 0.4) is 0 Å². The Kier molecular flexibility index (Phi) is 3.38. The van der Waals surface area contributed by atoms with Gasteiger partial charge in [0.05, 0.1) is 5.69 Å². The molecule has 0 bridgehead atoms. The summed E-state index contributed by atoms with van der Waals surface area (Å²) < 4.78 is 2.85. The molecule has 0 saturated heterocycles. The molecule has 0 aliphatic rings. The Bertz CT molecular complexity index is 588. The van der Waals surface area contributed by atoms with Gasteiger partial charge >= 0.3 is 0 Å². The van der Waals surface area contributed by atoms with Crippen molar-refractivity contribution >= 4 is 23.1 Å². The van der Waals surface area contributed by atoms with Crippen LogP contribution < -0.4 is 0 Å². The molecule has 0 radical (unpaired) electrons. The van der Waals surface area contributed by atoms with Crippen LogP contribution in [0.5, 0.6) is 0 Å². The van der Waals surface area contributed by atoms with E-state index >= 15 is 0 Å². The summed E-state index contributed by atoms with van der Waals surface area (Å²) in [4.78, 5) is 0. The highest BCUT2D eigenvalue weighted by molar-refractivity contribution is 8.00. The van der Waals surface area contributed by atoms with Gasteiger partial charge in [0.2, 0.25) is 0 Å². The first-order valence-electron chi connectivity index (χ1n) is 5.40. The second-order valence-corrected chi connectivity index (χ2v) is 5.67. The van der Waals surface area contributed by atoms with Crippen LogP contribution in [0.15, 0.2) is 52.6 Å². The maximum atomic E-state index is 4.20. The van der Waals surface area contributed by atoms with Gasteiger partial charge in [-0.25, -0.2) is 4.68 Å². The fourth-order valence-corrected chi connectivity index (χ4v) is 2.98. The van der Waals surface area contributed by atoms with Crippen molar-refractivity contribution in [2.45, 2.75) is 10.1 Å². The number of benzene rings is 1. The van der Waals surface area contributed by atoms with E-state index in [1.807, 2.05) is 16.9 Å². The highest BCUT2D eigenvalue weighted by atomic mass is 32.2. The molecule has 0 unspecified atom stereocenters. The minimum Gasteiger partial charge on any atom is -0.241 e. The highest BCUT2D eigenvalue weighted by Crippen LogP contribution is 2.23. The second-order valence-electron chi connectivity index (χ2n) is 3.61. The lowest BCUT2D eigenvalue weighted by molar-refractivity contribution is 0.880. The average Bonchev–Trinajstić information content (AvgIpc) is 3.10.